The zero-order chi connectivity index (χ0) is 23.7. The predicted molar refractivity (Wildman–Crippen MR) is 134 cm³/mol. The number of anilines is 1. The van der Waals surface area contributed by atoms with E-state index in [0.29, 0.717) is 17.3 Å². The lowest BCUT2D eigenvalue weighted by Crippen LogP contribution is -2.29. The number of nitrogens with zero attached hydrogens (tertiary/aromatic N) is 2. The minimum absolute atomic E-state index is 0.238. The Balaban J connectivity index is 1.55. The summed E-state index contributed by atoms with van der Waals surface area (Å²) >= 11 is 5.73. The van der Waals surface area contributed by atoms with Crippen LogP contribution in [0.15, 0.2) is 83.4 Å². The molecule has 1 fully saturated rings. The van der Waals surface area contributed by atoms with Gasteiger partial charge >= 0.3 is 0 Å². The van der Waals surface area contributed by atoms with Crippen molar-refractivity contribution < 1.29 is 13.5 Å². The van der Waals surface area contributed by atoms with E-state index in [1.165, 1.54) is 6.07 Å². The van der Waals surface area contributed by atoms with E-state index in [0.717, 1.165) is 34.2 Å². The van der Waals surface area contributed by atoms with Crippen molar-refractivity contribution in [1.82, 2.24) is 10.3 Å². The SMILES string of the molecule is CCOc1ccc(-c2ccc([C@@H]3[C@H](c4ccccn4)NC(=S)N3c3ccc(F)c(C)c3)o2)cc1. The van der Waals surface area contributed by atoms with Crippen molar-refractivity contribution in [3.63, 3.8) is 0 Å². The highest BCUT2D eigenvalue weighted by Gasteiger charge is 2.42. The molecule has 2 atom stereocenters. The third-order valence-electron chi connectivity index (χ3n) is 5.89. The van der Waals surface area contributed by atoms with Crippen LogP contribution in [0.2, 0.25) is 0 Å². The van der Waals surface area contributed by atoms with Gasteiger partial charge in [0, 0.05) is 17.4 Å². The number of ether oxygens (including phenoxy) is 1. The number of furan rings is 1. The number of hydrogen-bond acceptors (Lipinski definition) is 4. The first-order valence-corrected chi connectivity index (χ1v) is 11.6. The minimum atomic E-state index is -0.302. The highest BCUT2D eigenvalue weighted by molar-refractivity contribution is 7.80. The molecule has 7 heteroatoms. The van der Waals surface area contributed by atoms with E-state index >= 15 is 0 Å². The first-order chi connectivity index (χ1) is 16.5. The van der Waals surface area contributed by atoms with Crippen molar-refractivity contribution in [2.75, 3.05) is 11.5 Å². The van der Waals surface area contributed by atoms with E-state index < -0.39 is 0 Å². The van der Waals surface area contributed by atoms with E-state index in [9.17, 15) is 4.39 Å². The molecule has 1 aliphatic rings. The first-order valence-electron chi connectivity index (χ1n) is 11.1. The fourth-order valence-electron chi connectivity index (χ4n) is 4.25. The molecule has 172 valence electrons. The molecular weight excluding hydrogens is 449 g/mol. The lowest BCUT2D eigenvalue weighted by molar-refractivity contribution is 0.340. The summed E-state index contributed by atoms with van der Waals surface area (Å²) in [6.07, 6.45) is 1.76. The van der Waals surface area contributed by atoms with Gasteiger partial charge in [-0.2, -0.15) is 0 Å². The maximum Gasteiger partial charge on any atom is 0.174 e. The lowest BCUT2D eigenvalue weighted by atomic mass is 10.0. The van der Waals surface area contributed by atoms with Crippen LogP contribution in [-0.2, 0) is 0 Å². The summed E-state index contributed by atoms with van der Waals surface area (Å²) in [4.78, 5) is 6.53. The Labute approximate surface area is 203 Å². The van der Waals surface area contributed by atoms with E-state index in [-0.39, 0.29) is 17.9 Å². The van der Waals surface area contributed by atoms with Gasteiger partial charge in [-0.05, 0) is 98.4 Å². The Hall–Kier alpha value is -3.71. The van der Waals surface area contributed by atoms with Crippen molar-refractivity contribution in [2.24, 2.45) is 0 Å². The molecule has 0 bridgehead atoms. The number of hydrogen-bond donors (Lipinski definition) is 1. The Morgan fingerprint density at radius 3 is 2.62 bits per heavy atom. The van der Waals surface area contributed by atoms with Crippen LogP contribution in [0.25, 0.3) is 11.3 Å². The van der Waals surface area contributed by atoms with Crippen LogP contribution in [0.4, 0.5) is 10.1 Å². The third-order valence-corrected chi connectivity index (χ3v) is 6.20. The summed E-state index contributed by atoms with van der Waals surface area (Å²) < 4.78 is 25.9. The second kappa shape index (κ2) is 9.27. The molecule has 0 amide bonds. The van der Waals surface area contributed by atoms with Gasteiger partial charge in [0.2, 0.25) is 0 Å². The van der Waals surface area contributed by atoms with Gasteiger partial charge in [-0.3, -0.25) is 4.98 Å². The van der Waals surface area contributed by atoms with E-state index in [4.69, 9.17) is 21.4 Å². The molecular formula is C27H24FN3O2S. The van der Waals surface area contributed by atoms with Gasteiger partial charge in [0.1, 0.15) is 29.1 Å². The molecule has 1 aliphatic heterocycles. The summed E-state index contributed by atoms with van der Waals surface area (Å²) in [7, 11) is 0. The van der Waals surface area contributed by atoms with Crippen LogP contribution < -0.4 is 15.0 Å². The zero-order valence-electron chi connectivity index (χ0n) is 18.9. The fourth-order valence-corrected chi connectivity index (χ4v) is 4.60. The highest BCUT2D eigenvalue weighted by atomic mass is 32.1. The third kappa shape index (κ3) is 4.15. The zero-order valence-corrected chi connectivity index (χ0v) is 19.7. The first kappa shape index (κ1) is 22.1. The number of thiocarbonyl (C=S) groups is 1. The number of benzene rings is 2. The molecule has 0 radical (unpaired) electrons. The summed E-state index contributed by atoms with van der Waals surface area (Å²) in [6, 6.07) is 22.0. The second-order valence-electron chi connectivity index (χ2n) is 8.09. The van der Waals surface area contributed by atoms with Crippen molar-refractivity contribution in [3.8, 4) is 17.1 Å². The Bertz CT molecular complexity index is 1310. The molecule has 34 heavy (non-hydrogen) atoms. The molecule has 1 saturated heterocycles. The number of pyridine rings is 1. The quantitative estimate of drug-likeness (QED) is 0.329. The van der Waals surface area contributed by atoms with E-state index in [2.05, 4.69) is 10.3 Å². The van der Waals surface area contributed by atoms with E-state index in [1.54, 1.807) is 25.3 Å². The fraction of sp³-hybridized carbons (Fsp3) is 0.185. The molecule has 0 aliphatic carbocycles. The molecule has 5 nitrogen and oxygen atoms in total. The molecule has 3 heterocycles. The maximum absolute atomic E-state index is 14.0. The molecule has 2 aromatic heterocycles. The molecule has 2 aromatic carbocycles. The van der Waals surface area contributed by atoms with Gasteiger partial charge in [-0.1, -0.05) is 6.07 Å². The number of rotatable bonds is 6. The van der Waals surface area contributed by atoms with Gasteiger partial charge in [0.25, 0.3) is 0 Å². The largest absolute Gasteiger partial charge is 0.494 e. The Morgan fingerprint density at radius 1 is 1.09 bits per heavy atom. The summed E-state index contributed by atoms with van der Waals surface area (Å²) in [6.45, 7) is 4.32. The molecule has 0 unspecified atom stereocenters. The average molecular weight is 474 g/mol. The number of nitrogens with one attached hydrogen (secondary N) is 1. The van der Waals surface area contributed by atoms with Gasteiger partial charge in [-0.15, -0.1) is 0 Å². The van der Waals surface area contributed by atoms with Crippen LogP contribution in [-0.4, -0.2) is 16.7 Å². The van der Waals surface area contributed by atoms with Crippen LogP contribution in [0.5, 0.6) is 5.75 Å². The lowest BCUT2D eigenvalue weighted by Gasteiger charge is -2.26. The number of aryl methyl sites for hydroxylation is 1. The van der Waals surface area contributed by atoms with Crippen LogP contribution in [0, 0.1) is 12.7 Å². The topological polar surface area (TPSA) is 50.5 Å². The van der Waals surface area contributed by atoms with Gasteiger partial charge in [0.05, 0.1) is 18.3 Å². The van der Waals surface area contributed by atoms with Crippen molar-refractivity contribution >= 4 is 23.0 Å². The van der Waals surface area contributed by atoms with Crippen molar-refractivity contribution in [1.29, 1.82) is 0 Å². The monoisotopic (exact) mass is 473 g/mol. The van der Waals surface area contributed by atoms with E-state index in [1.807, 2.05) is 66.4 Å². The standard InChI is InChI=1S/C27H24FN3O2S/c1-3-32-20-10-7-18(8-11-20)23-13-14-24(33-23)26-25(22-6-4-5-15-29-22)30-27(34)31(26)19-9-12-21(28)17(2)16-19/h4-16,25-26H,3H2,1-2H3,(H,30,34)/t25-,26+/m0/s1. The highest BCUT2D eigenvalue weighted by Crippen LogP contribution is 2.43. The van der Waals surface area contributed by atoms with Gasteiger partial charge in [-0.25, -0.2) is 4.39 Å². The minimum Gasteiger partial charge on any atom is -0.494 e. The smallest absolute Gasteiger partial charge is 0.174 e. The van der Waals surface area contributed by atoms with Crippen LogP contribution in [0.1, 0.15) is 36.0 Å². The Kier molecular flexibility index (Phi) is 6.02. The maximum atomic E-state index is 14.0. The Morgan fingerprint density at radius 2 is 1.91 bits per heavy atom. The van der Waals surface area contributed by atoms with Crippen LogP contribution >= 0.6 is 12.2 Å². The van der Waals surface area contributed by atoms with Crippen LogP contribution in [0.3, 0.4) is 0 Å². The number of halogens is 1. The van der Waals surface area contributed by atoms with Gasteiger partial charge in [0.15, 0.2) is 5.11 Å². The number of aromatic nitrogens is 1. The molecule has 4 aromatic rings. The molecule has 0 saturated carbocycles. The molecule has 5 rings (SSSR count). The van der Waals surface area contributed by atoms with Crippen molar-refractivity contribution in [2.45, 2.75) is 25.9 Å². The molecule has 1 N–H and O–H groups in total. The van der Waals surface area contributed by atoms with Crippen molar-refractivity contribution in [3.05, 3.63) is 102 Å². The summed E-state index contributed by atoms with van der Waals surface area (Å²) in [5.41, 5.74) is 3.13. The average Bonchev–Trinajstić information content (AvgIpc) is 3.47. The van der Waals surface area contributed by atoms with Gasteiger partial charge < -0.3 is 19.4 Å². The summed E-state index contributed by atoms with van der Waals surface area (Å²) in [5.74, 6) is 2.03. The second-order valence-corrected chi connectivity index (χ2v) is 8.48. The normalized spacial score (nSPS) is 17.6. The predicted octanol–water partition coefficient (Wildman–Crippen LogP) is 6.36. The summed E-state index contributed by atoms with van der Waals surface area (Å²) in [5, 5.41) is 3.93. The molecule has 0 spiro atoms.